The number of halogens is 2. The maximum absolute atomic E-state index is 11.8. The molecule has 0 fully saturated rings. The molecule has 1 unspecified atom stereocenters. The molecule has 1 amide bonds. The van der Waals surface area contributed by atoms with E-state index >= 15 is 0 Å². The molecule has 1 aromatic carbocycles. The van der Waals surface area contributed by atoms with Crippen molar-refractivity contribution in [3.8, 4) is 0 Å². The van der Waals surface area contributed by atoms with Crippen LogP contribution in [0.15, 0.2) is 24.3 Å². The zero-order valence-corrected chi connectivity index (χ0v) is 14.0. The van der Waals surface area contributed by atoms with E-state index in [2.05, 4.69) is 5.32 Å². The second kappa shape index (κ2) is 7.83. The predicted octanol–water partition coefficient (Wildman–Crippen LogP) is 3.92. The van der Waals surface area contributed by atoms with Crippen molar-refractivity contribution in [2.24, 2.45) is 5.92 Å². The lowest BCUT2D eigenvalue weighted by atomic mass is 9.94. The number of nitrogens with one attached hydrogen (secondary N) is 1. The normalized spacial score (nSPS) is 14.4. The lowest BCUT2D eigenvalue weighted by molar-refractivity contribution is -0.117. The van der Waals surface area contributed by atoms with Gasteiger partial charge in [-0.2, -0.15) is 0 Å². The summed E-state index contributed by atoms with van der Waals surface area (Å²) in [4.78, 5) is 11.8. The van der Waals surface area contributed by atoms with Gasteiger partial charge in [-0.15, -0.1) is 0 Å². The van der Waals surface area contributed by atoms with E-state index in [-0.39, 0.29) is 12.5 Å². The average Bonchev–Trinajstić information content (AvgIpc) is 2.34. The van der Waals surface area contributed by atoms with Gasteiger partial charge >= 0.3 is 0 Å². The highest BCUT2D eigenvalue weighted by Crippen LogP contribution is 2.25. The molecule has 0 saturated heterocycles. The summed E-state index contributed by atoms with van der Waals surface area (Å²) in [5.74, 6) is 0.0596. The molecule has 116 valence electrons. The minimum Gasteiger partial charge on any atom is -0.388 e. The largest absolute Gasteiger partial charge is 0.388 e. The van der Waals surface area contributed by atoms with E-state index in [0.29, 0.717) is 27.9 Å². The topological polar surface area (TPSA) is 49.3 Å². The number of benzene rings is 1. The molecular formula is C16H21Cl2NO2. The molecule has 1 atom stereocenters. The Labute approximate surface area is 136 Å². The third-order valence-electron chi connectivity index (χ3n) is 2.89. The predicted molar refractivity (Wildman–Crippen MR) is 88.6 cm³/mol. The second-order valence-corrected chi connectivity index (χ2v) is 6.60. The number of carbonyl (C=O) groups is 1. The Bertz CT molecular complexity index is 505. The minimum absolute atomic E-state index is 0.199. The standard InChI is InChI=1S/C16H21Cl2NO2/c1-11(2)9-16(3,21)10-19-15(20)8-7-12-13(17)5-4-6-14(12)18/h4-8,11,21H,9-10H2,1-3H3,(H,19,20). The number of rotatable bonds is 6. The third kappa shape index (κ3) is 6.51. The van der Waals surface area contributed by atoms with Crippen LogP contribution >= 0.6 is 23.2 Å². The van der Waals surface area contributed by atoms with Crippen molar-refractivity contribution in [3.05, 3.63) is 39.9 Å². The summed E-state index contributed by atoms with van der Waals surface area (Å²) >= 11 is 12.0. The zero-order chi connectivity index (χ0) is 16.0. The van der Waals surface area contributed by atoms with Gasteiger partial charge in [-0.05, 0) is 37.5 Å². The molecule has 0 spiro atoms. The Hall–Kier alpha value is -1.03. The molecule has 1 rings (SSSR count). The Morgan fingerprint density at radius 1 is 1.38 bits per heavy atom. The van der Waals surface area contributed by atoms with Gasteiger partial charge in [-0.1, -0.05) is 43.1 Å². The minimum atomic E-state index is -0.917. The van der Waals surface area contributed by atoms with Crippen molar-refractivity contribution < 1.29 is 9.90 Å². The van der Waals surface area contributed by atoms with E-state index in [1.54, 1.807) is 31.2 Å². The van der Waals surface area contributed by atoms with Crippen LogP contribution in [-0.2, 0) is 4.79 Å². The van der Waals surface area contributed by atoms with Crippen LogP contribution < -0.4 is 5.32 Å². The highest BCUT2D eigenvalue weighted by atomic mass is 35.5. The fourth-order valence-corrected chi connectivity index (χ4v) is 2.64. The molecule has 0 radical (unpaired) electrons. The summed E-state index contributed by atoms with van der Waals surface area (Å²) in [6.07, 6.45) is 3.54. The number of amides is 1. The van der Waals surface area contributed by atoms with Crippen LogP contribution in [0.1, 0.15) is 32.8 Å². The van der Waals surface area contributed by atoms with Crippen molar-refractivity contribution in [2.45, 2.75) is 32.8 Å². The Morgan fingerprint density at radius 3 is 2.48 bits per heavy atom. The first kappa shape index (κ1) is 18.0. The summed E-state index contributed by atoms with van der Waals surface area (Å²) in [5.41, 5.74) is -0.315. The van der Waals surface area contributed by atoms with Gasteiger partial charge in [0.05, 0.1) is 5.60 Å². The Kier molecular flexibility index (Phi) is 6.72. The molecule has 5 heteroatoms. The SMILES string of the molecule is CC(C)CC(C)(O)CNC(=O)C=Cc1c(Cl)cccc1Cl. The Morgan fingerprint density at radius 2 is 1.95 bits per heavy atom. The third-order valence-corrected chi connectivity index (χ3v) is 3.55. The smallest absolute Gasteiger partial charge is 0.244 e. The van der Waals surface area contributed by atoms with Crippen LogP contribution in [0.3, 0.4) is 0 Å². The van der Waals surface area contributed by atoms with Gasteiger partial charge in [0, 0.05) is 28.2 Å². The lowest BCUT2D eigenvalue weighted by Crippen LogP contribution is -2.40. The first-order chi connectivity index (χ1) is 9.71. The molecule has 0 saturated carbocycles. The number of hydrogen-bond acceptors (Lipinski definition) is 2. The summed E-state index contributed by atoms with van der Waals surface area (Å²) in [6, 6.07) is 5.15. The quantitative estimate of drug-likeness (QED) is 0.777. The van der Waals surface area contributed by atoms with E-state index < -0.39 is 5.60 Å². The van der Waals surface area contributed by atoms with Crippen LogP contribution in [0.25, 0.3) is 6.08 Å². The molecule has 3 nitrogen and oxygen atoms in total. The van der Waals surface area contributed by atoms with E-state index in [9.17, 15) is 9.90 Å². The van der Waals surface area contributed by atoms with Crippen molar-refractivity contribution in [2.75, 3.05) is 6.54 Å². The molecule has 0 aliphatic heterocycles. The summed E-state index contributed by atoms with van der Waals surface area (Å²) in [6.45, 7) is 5.96. The second-order valence-electron chi connectivity index (χ2n) is 5.78. The maximum Gasteiger partial charge on any atom is 0.244 e. The molecule has 0 aliphatic rings. The molecular weight excluding hydrogens is 309 g/mol. The van der Waals surface area contributed by atoms with E-state index in [1.165, 1.54) is 6.08 Å². The monoisotopic (exact) mass is 329 g/mol. The molecule has 1 aromatic rings. The average molecular weight is 330 g/mol. The van der Waals surface area contributed by atoms with Crippen molar-refractivity contribution in [3.63, 3.8) is 0 Å². The zero-order valence-electron chi connectivity index (χ0n) is 12.5. The summed E-state index contributed by atoms with van der Waals surface area (Å²) in [7, 11) is 0. The molecule has 0 heterocycles. The van der Waals surface area contributed by atoms with Gasteiger partial charge in [0.1, 0.15) is 0 Å². The van der Waals surface area contributed by atoms with Crippen LogP contribution in [0.2, 0.25) is 10.0 Å². The molecule has 0 aliphatic carbocycles. The number of hydrogen-bond donors (Lipinski definition) is 2. The fourth-order valence-electron chi connectivity index (χ4n) is 2.12. The van der Waals surface area contributed by atoms with E-state index in [4.69, 9.17) is 23.2 Å². The Balaban J connectivity index is 2.60. The van der Waals surface area contributed by atoms with Crippen molar-refractivity contribution >= 4 is 35.2 Å². The van der Waals surface area contributed by atoms with Gasteiger partial charge in [0.2, 0.25) is 5.91 Å². The summed E-state index contributed by atoms with van der Waals surface area (Å²) < 4.78 is 0. The highest BCUT2D eigenvalue weighted by molar-refractivity contribution is 6.37. The fraction of sp³-hybridized carbons (Fsp3) is 0.438. The van der Waals surface area contributed by atoms with Crippen LogP contribution in [0.4, 0.5) is 0 Å². The van der Waals surface area contributed by atoms with Gasteiger partial charge in [-0.3, -0.25) is 4.79 Å². The van der Waals surface area contributed by atoms with E-state index in [1.807, 2.05) is 13.8 Å². The molecule has 2 N–H and O–H groups in total. The maximum atomic E-state index is 11.8. The number of carbonyl (C=O) groups excluding carboxylic acids is 1. The number of aliphatic hydroxyl groups is 1. The summed E-state index contributed by atoms with van der Waals surface area (Å²) in [5, 5.41) is 13.8. The van der Waals surface area contributed by atoms with Crippen LogP contribution in [0.5, 0.6) is 0 Å². The van der Waals surface area contributed by atoms with Crippen LogP contribution in [-0.4, -0.2) is 23.2 Å². The van der Waals surface area contributed by atoms with E-state index in [0.717, 1.165) is 0 Å². The highest BCUT2D eigenvalue weighted by Gasteiger charge is 2.22. The van der Waals surface area contributed by atoms with Crippen molar-refractivity contribution in [1.82, 2.24) is 5.32 Å². The van der Waals surface area contributed by atoms with Gasteiger partial charge in [-0.25, -0.2) is 0 Å². The first-order valence-electron chi connectivity index (χ1n) is 6.83. The van der Waals surface area contributed by atoms with Crippen LogP contribution in [0, 0.1) is 5.92 Å². The molecule has 21 heavy (non-hydrogen) atoms. The first-order valence-corrected chi connectivity index (χ1v) is 7.59. The van der Waals surface area contributed by atoms with Gasteiger partial charge < -0.3 is 10.4 Å². The molecule has 0 aromatic heterocycles. The van der Waals surface area contributed by atoms with Gasteiger partial charge in [0.25, 0.3) is 0 Å². The lowest BCUT2D eigenvalue weighted by Gasteiger charge is -2.25. The van der Waals surface area contributed by atoms with Crippen molar-refractivity contribution in [1.29, 1.82) is 0 Å². The van der Waals surface area contributed by atoms with Gasteiger partial charge in [0.15, 0.2) is 0 Å². The molecule has 0 bridgehead atoms.